The van der Waals surface area contributed by atoms with Crippen molar-refractivity contribution in [2.24, 2.45) is 0 Å². The first-order chi connectivity index (χ1) is 7.02. The van der Waals surface area contributed by atoms with Crippen LogP contribution in [0.2, 0.25) is 0 Å². The lowest BCUT2D eigenvalue weighted by Gasteiger charge is -2.12. The molecule has 0 bridgehead atoms. The highest BCUT2D eigenvalue weighted by Crippen LogP contribution is 2.27. The van der Waals surface area contributed by atoms with Gasteiger partial charge in [-0.15, -0.1) is 0 Å². The van der Waals surface area contributed by atoms with Crippen LogP contribution in [0.1, 0.15) is 18.4 Å². The van der Waals surface area contributed by atoms with Crippen molar-refractivity contribution in [2.45, 2.75) is 19.5 Å². The van der Waals surface area contributed by atoms with Crippen LogP contribution in [0.25, 0.3) is 0 Å². The Morgan fingerprint density at radius 3 is 2.53 bits per heavy atom. The van der Waals surface area contributed by atoms with Crippen LogP contribution in [0.3, 0.4) is 0 Å². The van der Waals surface area contributed by atoms with E-state index in [1.165, 1.54) is 25.1 Å². The Morgan fingerprint density at radius 2 is 2.00 bits per heavy atom. The second-order valence-corrected chi connectivity index (χ2v) is 2.98. The number of carboxylic acids is 1. The first-order valence-electron chi connectivity index (χ1n) is 4.29. The molecule has 0 amide bonds. The SMILES string of the molecule is CC(C(=O)O)c1ccccc1OC(F)F. The number of ether oxygens (including phenoxy) is 1. The van der Waals surface area contributed by atoms with Crippen molar-refractivity contribution in [1.82, 2.24) is 0 Å². The van der Waals surface area contributed by atoms with E-state index in [1.54, 1.807) is 6.07 Å². The molecule has 15 heavy (non-hydrogen) atoms. The number of halogens is 2. The molecule has 0 aliphatic heterocycles. The summed E-state index contributed by atoms with van der Waals surface area (Å²) in [7, 11) is 0. The molecule has 1 aromatic carbocycles. The van der Waals surface area contributed by atoms with E-state index in [0.29, 0.717) is 0 Å². The molecule has 1 unspecified atom stereocenters. The van der Waals surface area contributed by atoms with E-state index in [1.807, 2.05) is 0 Å². The Balaban J connectivity index is 3.00. The van der Waals surface area contributed by atoms with Crippen molar-refractivity contribution in [1.29, 1.82) is 0 Å². The molecule has 1 rings (SSSR count). The van der Waals surface area contributed by atoms with E-state index >= 15 is 0 Å². The highest BCUT2D eigenvalue weighted by Gasteiger charge is 2.19. The number of benzene rings is 1. The van der Waals surface area contributed by atoms with Gasteiger partial charge in [0, 0.05) is 5.56 Å². The smallest absolute Gasteiger partial charge is 0.387 e. The maximum absolute atomic E-state index is 12.0. The van der Waals surface area contributed by atoms with Gasteiger partial charge in [-0.2, -0.15) is 8.78 Å². The van der Waals surface area contributed by atoms with Crippen LogP contribution in [-0.2, 0) is 4.79 Å². The van der Waals surface area contributed by atoms with Gasteiger partial charge in [-0.25, -0.2) is 0 Å². The highest BCUT2D eigenvalue weighted by molar-refractivity contribution is 5.76. The lowest BCUT2D eigenvalue weighted by atomic mass is 10.0. The lowest BCUT2D eigenvalue weighted by Crippen LogP contribution is -2.11. The van der Waals surface area contributed by atoms with E-state index in [2.05, 4.69) is 4.74 Å². The number of hydrogen-bond donors (Lipinski definition) is 1. The summed E-state index contributed by atoms with van der Waals surface area (Å²) < 4.78 is 28.2. The summed E-state index contributed by atoms with van der Waals surface area (Å²) in [6, 6.07) is 5.86. The van der Waals surface area contributed by atoms with Gasteiger partial charge in [0.1, 0.15) is 5.75 Å². The molecule has 0 fully saturated rings. The molecule has 0 saturated carbocycles. The molecule has 0 saturated heterocycles. The van der Waals surface area contributed by atoms with E-state index in [4.69, 9.17) is 5.11 Å². The molecule has 82 valence electrons. The zero-order valence-corrected chi connectivity index (χ0v) is 7.98. The number of carboxylic acid groups (broad SMARTS) is 1. The zero-order chi connectivity index (χ0) is 11.4. The third-order valence-corrected chi connectivity index (χ3v) is 1.97. The first kappa shape index (κ1) is 11.4. The molecule has 0 aromatic heterocycles. The van der Waals surface area contributed by atoms with Crippen molar-refractivity contribution < 1.29 is 23.4 Å². The minimum atomic E-state index is -2.95. The second kappa shape index (κ2) is 4.72. The molecule has 1 aromatic rings. The quantitative estimate of drug-likeness (QED) is 0.840. The van der Waals surface area contributed by atoms with Gasteiger partial charge in [-0.05, 0) is 13.0 Å². The maximum atomic E-state index is 12.0. The minimum absolute atomic E-state index is 0.0950. The van der Waals surface area contributed by atoms with Crippen molar-refractivity contribution in [3.05, 3.63) is 29.8 Å². The van der Waals surface area contributed by atoms with E-state index in [9.17, 15) is 13.6 Å². The van der Waals surface area contributed by atoms with Crippen LogP contribution in [0.5, 0.6) is 5.75 Å². The molecule has 0 aliphatic rings. The largest absolute Gasteiger partial charge is 0.481 e. The van der Waals surface area contributed by atoms with Crippen LogP contribution in [-0.4, -0.2) is 17.7 Å². The summed E-state index contributed by atoms with van der Waals surface area (Å²) in [5, 5.41) is 8.75. The molecule has 0 radical (unpaired) electrons. The molecular weight excluding hydrogens is 206 g/mol. The summed E-state index contributed by atoms with van der Waals surface area (Å²) in [4.78, 5) is 10.7. The number of para-hydroxylation sites is 1. The van der Waals surface area contributed by atoms with Crippen LogP contribution in [0.15, 0.2) is 24.3 Å². The third kappa shape index (κ3) is 2.90. The fraction of sp³-hybridized carbons (Fsp3) is 0.300. The van der Waals surface area contributed by atoms with Gasteiger partial charge in [-0.3, -0.25) is 4.79 Å². The number of hydrogen-bond acceptors (Lipinski definition) is 2. The van der Waals surface area contributed by atoms with Gasteiger partial charge in [0.15, 0.2) is 0 Å². The Morgan fingerprint density at radius 1 is 1.40 bits per heavy atom. The molecule has 0 aliphatic carbocycles. The standard InChI is InChI=1S/C10H10F2O3/c1-6(9(13)14)7-4-2-3-5-8(7)15-10(11)12/h2-6,10H,1H3,(H,13,14). The predicted octanol–water partition coefficient (Wildman–Crippen LogP) is 2.48. The topological polar surface area (TPSA) is 46.5 Å². The van der Waals surface area contributed by atoms with Crippen LogP contribution >= 0.6 is 0 Å². The third-order valence-electron chi connectivity index (χ3n) is 1.97. The Hall–Kier alpha value is -1.65. The molecule has 5 heteroatoms. The molecule has 3 nitrogen and oxygen atoms in total. The average molecular weight is 216 g/mol. The van der Waals surface area contributed by atoms with Crippen molar-refractivity contribution in [3.8, 4) is 5.75 Å². The Labute approximate surface area is 85.3 Å². The van der Waals surface area contributed by atoms with Gasteiger partial charge in [-0.1, -0.05) is 18.2 Å². The normalized spacial score (nSPS) is 12.5. The highest BCUT2D eigenvalue weighted by atomic mass is 19.3. The Bertz CT molecular complexity index is 352. The first-order valence-corrected chi connectivity index (χ1v) is 4.29. The van der Waals surface area contributed by atoms with Gasteiger partial charge >= 0.3 is 12.6 Å². The maximum Gasteiger partial charge on any atom is 0.387 e. The average Bonchev–Trinajstić information content (AvgIpc) is 2.16. The molecular formula is C10H10F2O3. The fourth-order valence-corrected chi connectivity index (χ4v) is 1.17. The van der Waals surface area contributed by atoms with Gasteiger partial charge in [0.05, 0.1) is 5.92 Å². The van der Waals surface area contributed by atoms with Crippen LogP contribution < -0.4 is 4.74 Å². The lowest BCUT2D eigenvalue weighted by molar-refractivity contribution is -0.138. The monoisotopic (exact) mass is 216 g/mol. The number of carbonyl (C=O) groups is 1. The van der Waals surface area contributed by atoms with Crippen LogP contribution in [0.4, 0.5) is 8.78 Å². The van der Waals surface area contributed by atoms with Gasteiger partial charge in [0.2, 0.25) is 0 Å². The number of aliphatic carboxylic acids is 1. The van der Waals surface area contributed by atoms with E-state index in [-0.39, 0.29) is 11.3 Å². The summed E-state index contributed by atoms with van der Waals surface area (Å²) in [6.07, 6.45) is 0. The summed E-state index contributed by atoms with van der Waals surface area (Å²) >= 11 is 0. The second-order valence-electron chi connectivity index (χ2n) is 2.98. The van der Waals surface area contributed by atoms with Crippen molar-refractivity contribution in [3.63, 3.8) is 0 Å². The van der Waals surface area contributed by atoms with Crippen LogP contribution in [0, 0.1) is 0 Å². The molecule has 1 atom stereocenters. The predicted molar refractivity (Wildman–Crippen MR) is 49.1 cm³/mol. The van der Waals surface area contributed by atoms with E-state index < -0.39 is 18.5 Å². The molecule has 1 N–H and O–H groups in total. The fourth-order valence-electron chi connectivity index (χ4n) is 1.17. The molecule has 0 heterocycles. The summed E-state index contributed by atoms with van der Waals surface area (Å²) in [5.41, 5.74) is 0.241. The summed E-state index contributed by atoms with van der Waals surface area (Å²) in [5.74, 6) is -2.05. The molecule has 0 spiro atoms. The van der Waals surface area contributed by atoms with Crippen molar-refractivity contribution >= 4 is 5.97 Å². The number of alkyl halides is 2. The minimum Gasteiger partial charge on any atom is -0.481 e. The summed E-state index contributed by atoms with van der Waals surface area (Å²) in [6.45, 7) is -1.54. The van der Waals surface area contributed by atoms with Gasteiger partial charge < -0.3 is 9.84 Å². The Kier molecular flexibility index (Phi) is 3.60. The van der Waals surface area contributed by atoms with Gasteiger partial charge in [0.25, 0.3) is 0 Å². The number of rotatable bonds is 4. The zero-order valence-electron chi connectivity index (χ0n) is 7.98. The van der Waals surface area contributed by atoms with Crippen molar-refractivity contribution in [2.75, 3.05) is 0 Å². The van der Waals surface area contributed by atoms with E-state index in [0.717, 1.165) is 0 Å².